The van der Waals surface area contributed by atoms with Crippen molar-refractivity contribution in [1.29, 1.82) is 0 Å². The van der Waals surface area contributed by atoms with Gasteiger partial charge < -0.3 is 19.7 Å². The van der Waals surface area contributed by atoms with Crippen LogP contribution in [0.25, 0.3) is 0 Å². The fraction of sp³-hybridized carbons (Fsp3) is 0.476. The summed E-state index contributed by atoms with van der Waals surface area (Å²) >= 11 is 0. The predicted molar refractivity (Wildman–Crippen MR) is 107 cm³/mol. The Hall–Kier alpha value is -3.03. The second kappa shape index (κ2) is 8.14. The number of anilines is 1. The number of rotatable bonds is 7. The van der Waals surface area contributed by atoms with Gasteiger partial charge in [-0.3, -0.25) is 9.59 Å². The van der Waals surface area contributed by atoms with Crippen LogP contribution in [0.4, 0.5) is 5.82 Å². The molecule has 0 bridgehead atoms. The van der Waals surface area contributed by atoms with Crippen molar-refractivity contribution in [3.8, 4) is 11.5 Å². The largest absolute Gasteiger partial charge is 0.454 e. The predicted octanol–water partition coefficient (Wildman–Crippen LogP) is 3.10. The molecule has 0 spiro atoms. The van der Waals surface area contributed by atoms with E-state index in [1.165, 1.54) is 0 Å². The summed E-state index contributed by atoms with van der Waals surface area (Å²) in [6.07, 6.45) is 4.43. The first-order valence-corrected chi connectivity index (χ1v) is 10.1. The number of amides is 2. The van der Waals surface area contributed by atoms with Gasteiger partial charge in [-0.2, -0.15) is 5.10 Å². The molecule has 1 N–H and O–H groups in total. The van der Waals surface area contributed by atoms with Crippen molar-refractivity contribution >= 4 is 17.6 Å². The summed E-state index contributed by atoms with van der Waals surface area (Å²) in [5.74, 6) is 1.85. The molecule has 0 saturated carbocycles. The Balaban J connectivity index is 1.48. The second-order valence-corrected chi connectivity index (χ2v) is 7.38. The van der Waals surface area contributed by atoms with Crippen LogP contribution in [0, 0.1) is 0 Å². The molecule has 1 aromatic heterocycles. The zero-order valence-electron chi connectivity index (χ0n) is 16.8. The van der Waals surface area contributed by atoms with Gasteiger partial charge in [0, 0.05) is 19.0 Å². The number of nitrogens with zero attached hydrogens (tertiary/aromatic N) is 3. The van der Waals surface area contributed by atoms with Crippen molar-refractivity contribution in [2.45, 2.75) is 58.2 Å². The van der Waals surface area contributed by atoms with Gasteiger partial charge in [0.05, 0.1) is 12.2 Å². The quantitative estimate of drug-likeness (QED) is 0.775. The molecule has 1 unspecified atom stereocenters. The molecule has 2 aliphatic heterocycles. The number of carbonyl (C=O) groups excluding carboxylic acids is 2. The van der Waals surface area contributed by atoms with Crippen LogP contribution in [0.5, 0.6) is 11.5 Å². The number of hydrogen-bond acceptors (Lipinski definition) is 5. The number of carbonyl (C=O) groups is 2. The molecule has 8 heteroatoms. The Kier molecular flexibility index (Phi) is 5.42. The molecule has 1 fully saturated rings. The summed E-state index contributed by atoms with van der Waals surface area (Å²) in [4.78, 5) is 27.1. The van der Waals surface area contributed by atoms with E-state index in [2.05, 4.69) is 24.3 Å². The van der Waals surface area contributed by atoms with E-state index in [4.69, 9.17) is 9.47 Å². The zero-order valence-corrected chi connectivity index (χ0v) is 16.8. The Labute approximate surface area is 169 Å². The van der Waals surface area contributed by atoms with E-state index in [0.29, 0.717) is 36.7 Å². The molecule has 8 nitrogen and oxygen atoms in total. The van der Waals surface area contributed by atoms with Gasteiger partial charge in [0.25, 0.3) is 0 Å². The highest BCUT2D eigenvalue weighted by atomic mass is 16.7. The summed E-state index contributed by atoms with van der Waals surface area (Å²) in [5, 5.41) is 7.35. The smallest absolute Gasteiger partial charge is 0.248 e. The van der Waals surface area contributed by atoms with Gasteiger partial charge in [-0.05, 0) is 37.0 Å². The molecule has 1 saturated heterocycles. The van der Waals surface area contributed by atoms with Crippen molar-refractivity contribution in [2.24, 2.45) is 0 Å². The number of hydrogen-bond donors (Lipinski definition) is 1. The Morgan fingerprint density at radius 3 is 2.83 bits per heavy atom. The average Bonchev–Trinajstić information content (AvgIpc) is 3.44. The van der Waals surface area contributed by atoms with Crippen molar-refractivity contribution in [3.63, 3.8) is 0 Å². The van der Waals surface area contributed by atoms with Crippen LogP contribution in [0.1, 0.15) is 51.1 Å². The Bertz CT molecular complexity index is 906. The van der Waals surface area contributed by atoms with Gasteiger partial charge >= 0.3 is 0 Å². The summed E-state index contributed by atoms with van der Waals surface area (Å²) in [5.41, 5.74) is 0.907. The lowest BCUT2D eigenvalue weighted by Crippen LogP contribution is -2.41. The summed E-state index contributed by atoms with van der Waals surface area (Å²) < 4.78 is 12.6. The minimum Gasteiger partial charge on any atom is -0.454 e. The highest BCUT2D eigenvalue weighted by Gasteiger charge is 2.36. The maximum Gasteiger partial charge on any atom is 0.248 e. The Morgan fingerprint density at radius 1 is 1.24 bits per heavy atom. The molecule has 154 valence electrons. The lowest BCUT2D eigenvalue weighted by Gasteiger charge is -2.25. The fourth-order valence-corrected chi connectivity index (χ4v) is 3.99. The summed E-state index contributed by atoms with van der Waals surface area (Å²) in [7, 11) is 0. The van der Waals surface area contributed by atoms with Gasteiger partial charge in [-0.1, -0.05) is 19.9 Å². The molecular weight excluding hydrogens is 372 g/mol. The van der Waals surface area contributed by atoms with E-state index in [1.54, 1.807) is 17.2 Å². The van der Waals surface area contributed by atoms with E-state index in [0.717, 1.165) is 18.4 Å². The fourth-order valence-electron chi connectivity index (χ4n) is 3.99. The van der Waals surface area contributed by atoms with Crippen molar-refractivity contribution in [3.05, 3.63) is 36.0 Å². The van der Waals surface area contributed by atoms with Gasteiger partial charge in [0.15, 0.2) is 11.5 Å². The third-order valence-electron chi connectivity index (χ3n) is 5.63. The van der Waals surface area contributed by atoms with E-state index >= 15 is 0 Å². The standard InChI is InChI=1S/C21H26N4O4/c1-3-15(4-2)25-19(9-10-22-25)23-21(27)16-6-8-20(26)24(16)12-14-5-7-17-18(11-14)29-13-28-17/h5,7,9-11,15-16H,3-4,6,8,12-13H2,1-2H3,(H,23,27). The highest BCUT2D eigenvalue weighted by Crippen LogP contribution is 2.33. The molecule has 2 amide bonds. The second-order valence-electron chi connectivity index (χ2n) is 7.38. The number of aromatic nitrogens is 2. The van der Waals surface area contributed by atoms with Gasteiger partial charge in [-0.15, -0.1) is 0 Å². The van der Waals surface area contributed by atoms with Crippen molar-refractivity contribution in [1.82, 2.24) is 14.7 Å². The third-order valence-corrected chi connectivity index (χ3v) is 5.63. The summed E-state index contributed by atoms with van der Waals surface area (Å²) in [6, 6.07) is 7.13. The topological polar surface area (TPSA) is 85.7 Å². The lowest BCUT2D eigenvalue weighted by atomic mass is 10.1. The molecule has 0 aliphatic carbocycles. The number of benzene rings is 1. The molecule has 1 atom stereocenters. The van der Waals surface area contributed by atoms with Gasteiger partial charge in [0.2, 0.25) is 18.6 Å². The normalized spacial score (nSPS) is 18.0. The van der Waals surface area contributed by atoms with Crippen LogP contribution in [0.2, 0.25) is 0 Å². The Morgan fingerprint density at radius 2 is 2.03 bits per heavy atom. The SMILES string of the molecule is CCC(CC)n1nccc1NC(=O)C1CCC(=O)N1Cc1ccc2c(c1)OCO2. The molecule has 1 aromatic carbocycles. The minimum absolute atomic E-state index is 0.0173. The van der Waals surface area contributed by atoms with Crippen LogP contribution in [0.15, 0.2) is 30.5 Å². The maximum absolute atomic E-state index is 13.0. The van der Waals surface area contributed by atoms with E-state index in [-0.39, 0.29) is 24.6 Å². The number of likely N-dealkylation sites (tertiary alicyclic amines) is 1. The highest BCUT2D eigenvalue weighted by molar-refractivity contribution is 5.98. The monoisotopic (exact) mass is 398 g/mol. The first kappa shape index (κ1) is 19.3. The first-order chi connectivity index (χ1) is 14.1. The molecule has 2 aliphatic rings. The van der Waals surface area contributed by atoms with E-state index in [1.807, 2.05) is 22.9 Å². The van der Waals surface area contributed by atoms with Crippen molar-refractivity contribution < 1.29 is 19.1 Å². The van der Waals surface area contributed by atoms with E-state index in [9.17, 15) is 9.59 Å². The minimum atomic E-state index is -0.502. The molecule has 0 radical (unpaired) electrons. The molecule has 29 heavy (non-hydrogen) atoms. The first-order valence-electron chi connectivity index (χ1n) is 10.1. The van der Waals surface area contributed by atoms with Crippen LogP contribution >= 0.6 is 0 Å². The van der Waals surface area contributed by atoms with Crippen LogP contribution in [-0.2, 0) is 16.1 Å². The number of ether oxygens (including phenoxy) is 2. The van der Waals surface area contributed by atoms with Crippen LogP contribution in [-0.4, -0.2) is 39.3 Å². The molecular formula is C21H26N4O4. The maximum atomic E-state index is 13.0. The van der Waals surface area contributed by atoms with Crippen LogP contribution < -0.4 is 14.8 Å². The average molecular weight is 398 g/mol. The molecule has 2 aromatic rings. The zero-order chi connectivity index (χ0) is 20.4. The third kappa shape index (κ3) is 3.79. The van der Waals surface area contributed by atoms with Crippen LogP contribution in [0.3, 0.4) is 0 Å². The lowest BCUT2D eigenvalue weighted by molar-refractivity contribution is -0.133. The number of nitrogens with one attached hydrogen (secondary N) is 1. The van der Waals surface area contributed by atoms with Gasteiger partial charge in [0.1, 0.15) is 11.9 Å². The van der Waals surface area contributed by atoms with Gasteiger partial charge in [-0.25, -0.2) is 4.68 Å². The van der Waals surface area contributed by atoms with E-state index < -0.39 is 6.04 Å². The summed E-state index contributed by atoms with van der Waals surface area (Å²) in [6.45, 7) is 4.77. The van der Waals surface area contributed by atoms with Crippen molar-refractivity contribution in [2.75, 3.05) is 12.1 Å². The molecule has 3 heterocycles. The molecule has 4 rings (SSSR count). The number of fused-ring (bicyclic) bond motifs is 1.